The molecular formula is C19H14Cl4O8. The van der Waals surface area contributed by atoms with Crippen molar-refractivity contribution >= 4 is 58.3 Å². The number of carbonyl (C=O) groups is 2. The van der Waals surface area contributed by atoms with Crippen LogP contribution in [0.2, 0.25) is 0 Å². The highest BCUT2D eigenvalue weighted by Gasteiger charge is 2.45. The summed E-state index contributed by atoms with van der Waals surface area (Å²) in [6.07, 6.45) is -2.50. The summed E-state index contributed by atoms with van der Waals surface area (Å²) in [4.78, 5) is 23.2. The van der Waals surface area contributed by atoms with Gasteiger partial charge in [0.25, 0.3) is 0 Å². The molecule has 31 heavy (non-hydrogen) atoms. The minimum absolute atomic E-state index is 0.0609. The van der Waals surface area contributed by atoms with Gasteiger partial charge in [-0.05, 0) is 29.8 Å². The fraction of sp³-hybridized carbons (Fsp3) is 0.263. The number of aliphatic hydroxyl groups is 1. The summed E-state index contributed by atoms with van der Waals surface area (Å²) in [6.45, 7) is 0. The fourth-order valence-electron chi connectivity index (χ4n) is 3.20. The van der Waals surface area contributed by atoms with Crippen LogP contribution in [-0.2, 0) is 24.7 Å². The first kappa shape index (κ1) is 23.6. The maximum atomic E-state index is 11.6. The molecule has 0 radical (unpaired) electrons. The lowest BCUT2D eigenvalue weighted by Gasteiger charge is -2.34. The van der Waals surface area contributed by atoms with E-state index < -0.39 is 38.6 Å². The zero-order valence-corrected chi connectivity index (χ0v) is 18.2. The number of halogens is 4. The first-order valence-corrected chi connectivity index (χ1v) is 10.0. The molecule has 1 heterocycles. The smallest absolute Gasteiger partial charge is 0.344 e. The van der Waals surface area contributed by atoms with Crippen molar-refractivity contribution in [2.45, 2.75) is 27.3 Å². The van der Waals surface area contributed by atoms with Crippen molar-refractivity contribution in [3.05, 3.63) is 52.6 Å². The number of carboxylic acid groups (broad SMARTS) is 2. The number of hydrogen-bond acceptors (Lipinski definition) is 6. The Morgan fingerprint density at radius 3 is 2.10 bits per heavy atom. The van der Waals surface area contributed by atoms with Gasteiger partial charge in [-0.2, -0.15) is 0 Å². The van der Waals surface area contributed by atoms with E-state index in [-0.39, 0.29) is 40.2 Å². The van der Waals surface area contributed by atoms with Crippen molar-refractivity contribution in [3.63, 3.8) is 0 Å². The highest BCUT2D eigenvalue weighted by Crippen LogP contribution is 2.48. The van der Waals surface area contributed by atoms with Gasteiger partial charge >= 0.3 is 11.9 Å². The quantitative estimate of drug-likeness (QED) is 0.302. The second-order valence-corrected chi connectivity index (χ2v) is 9.47. The van der Waals surface area contributed by atoms with Gasteiger partial charge in [0.05, 0.1) is 6.10 Å². The number of rotatable bonds is 5. The van der Waals surface area contributed by atoms with Gasteiger partial charge in [-0.15, -0.1) is 0 Å². The Morgan fingerprint density at radius 1 is 0.935 bits per heavy atom. The number of phenols is 2. The lowest BCUT2D eigenvalue weighted by Crippen LogP contribution is -2.34. The van der Waals surface area contributed by atoms with E-state index in [9.17, 15) is 35.1 Å². The molecule has 12 heteroatoms. The Bertz CT molecular complexity index is 1070. The zero-order valence-electron chi connectivity index (χ0n) is 15.2. The molecule has 2 aromatic carbocycles. The average Bonchev–Trinajstić information content (AvgIpc) is 2.68. The summed E-state index contributed by atoms with van der Waals surface area (Å²) in [7, 11) is 0. The van der Waals surface area contributed by atoms with E-state index in [2.05, 4.69) is 0 Å². The molecule has 0 unspecified atom stereocenters. The monoisotopic (exact) mass is 510 g/mol. The highest BCUT2D eigenvalue weighted by atomic mass is 35.5. The Morgan fingerprint density at radius 2 is 1.55 bits per heavy atom. The minimum Gasteiger partial charge on any atom is -0.504 e. The second-order valence-electron chi connectivity index (χ2n) is 6.82. The van der Waals surface area contributed by atoms with Crippen LogP contribution in [-0.4, -0.2) is 43.6 Å². The van der Waals surface area contributed by atoms with Crippen LogP contribution >= 0.6 is 46.4 Å². The van der Waals surface area contributed by atoms with Crippen molar-refractivity contribution in [2.75, 3.05) is 0 Å². The lowest BCUT2D eigenvalue weighted by atomic mass is 9.88. The molecule has 8 nitrogen and oxygen atoms in total. The largest absolute Gasteiger partial charge is 0.504 e. The van der Waals surface area contributed by atoms with Crippen LogP contribution in [0.5, 0.6) is 17.2 Å². The number of aromatic hydroxyl groups is 2. The molecule has 0 bridgehead atoms. The number of alkyl halides is 4. The zero-order chi connectivity index (χ0) is 23.3. The van der Waals surface area contributed by atoms with Gasteiger partial charge < -0.3 is 30.3 Å². The second kappa shape index (κ2) is 8.11. The molecule has 0 amide bonds. The van der Waals surface area contributed by atoms with Gasteiger partial charge in [-0.3, -0.25) is 0 Å². The van der Waals surface area contributed by atoms with E-state index >= 15 is 0 Å². The molecule has 0 spiro atoms. The average molecular weight is 512 g/mol. The van der Waals surface area contributed by atoms with Gasteiger partial charge in [-0.25, -0.2) is 9.59 Å². The van der Waals surface area contributed by atoms with E-state index in [1.165, 1.54) is 24.3 Å². The molecule has 2 atom stereocenters. The maximum absolute atomic E-state index is 11.6. The predicted molar refractivity (Wildman–Crippen MR) is 111 cm³/mol. The first-order chi connectivity index (χ1) is 14.3. The summed E-state index contributed by atoms with van der Waals surface area (Å²) in [5.74, 6) is -4.19. The summed E-state index contributed by atoms with van der Waals surface area (Å²) >= 11 is 23.9. The molecule has 0 fully saturated rings. The lowest BCUT2D eigenvalue weighted by molar-refractivity contribution is -0.138. The molecule has 0 saturated carbocycles. The van der Waals surface area contributed by atoms with Crippen LogP contribution in [0.1, 0.15) is 28.4 Å². The van der Waals surface area contributed by atoms with Gasteiger partial charge in [0.2, 0.25) is 8.67 Å². The van der Waals surface area contributed by atoms with Crippen molar-refractivity contribution in [1.82, 2.24) is 0 Å². The fourth-order valence-corrected chi connectivity index (χ4v) is 3.76. The molecule has 1 aliphatic rings. The van der Waals surface area contributed by atoms with E-state index in [0.717, 1.165) is 6.07 Å². The van der Waals surface area contributed by atoms with Crippen LogP contribution < -0.4 is 4.74 Å². The van der Waals surface area contributed by atoms with Gasteiger partial charge in [0, 0.05) is 23.1 Å². The molecule has 3 rings (SSSR count). The third-order valence-electron chi connectivity index (χ3n) is 4.79. The van der Waals surface area contributed by atoms with E-state index in [4.69, 9.17) is 51.1 Å². The van der Waals surface area contributed by atoms with E-state index in [0.29, 0.717) is 0 Å². The van der Waals surface area contributed by atoms with Crippen molar-refractivity contribution in [1.29, 1.82) is 0 Å². The normalized spacial score (nSPS) is 18.7. The van der Waals surface area contributed by atoms with Crippen molar-refractivity contribution < 1.29 is 39.9 Å². The molecule has 1 aliphatic heterocycles. The first-order valence-electron chi connectivity index (χ1n) is 8.53. The number of fused-ring (bicyclic) bond motifs is 1. The van der Waals surface area contributed by atoms with E-state index in [1.807, 2.05) is 0 Å². The summed E-state index contributed by atoms with van der Waals surface area (Å²) in [5, 5.41) is 48.7. The number of aliphatic hydroxyl groups excluding tert-OH is 1. The van der Waals surface area contributed by atoms with Gasteiger partial charge in [0.1, 0.15) is 11.9 Å². The molecule has 0 saturated heterocycles. The van der Waals surface area contributed by atoms with Crippen LogP contribution in [0.25, 0.3) is 0 Å². The number of benzene rings is 2. The van der Waals surface area contributed by atoms with Crippen molar-refractivity contribution in [3.8, 4) is 17.2 Å². The van der Waals surface area contributed by atoms with Gasteiger partial charge in [0.15, 0.2) is 11.5 Å². The number of carboxylic acids is 2. The Balaban J connectivity index is 2.20. The Kier molecular flexibility index (Phi) is 6.16. The van der Waals surface area contributed by atoms with Crippen LogP contribution in [0, 0.1) is 0 Å². The number of phenolic OH excluding ortho intramolecular Hbond substituents is 2. The third-order valence-corrected chi connectivity index (χ3v) is 6.28. The highest BCUT2D eigenvalue weighted by molar-refractivity contribution is 6.57. The standard InChI is InChI=1S/C19H14Cl4O8/c20-18(21,16(27)28)8-4-10(19(22,23)17(29)30)9-6-13(26)15(31-14(9)5-8)7-1-2-11(24)12(25)3-7/h1-5,13,15,24-26H,6H2,(H,27,28)(H,29,30)/t13-,15-/m0/s1. The van der Waals surface area contributed by atoms with Crippen LogP contribution in [0.15, 0.2) is 30.3 Å². The summed E-state index contributed by atoms with van der Waals surface area (Å²) < 4.78 is 0.772. The predicted octanol–water partition coefficient (Wildman–Crippen LogP) is 3.56. The Labute approximate surface area is 195 Å². The van der Waals surface area contributed by atoms with E-state index in [1.54, 1.807) is 0 Å². The number of aliphatic carboxylic acids is 2. The number of hydrogen-bond donors (Lipinski definition) is 5. The number of ether oxygens (including phenoxy) is 1. The molecule has 166 valence electrons. The topological polar surface area (TPSA) is 145 Å². The minimum atomic E-state index is -2.53. The maximum Gasteiger partial charge on any atom is 0.344 e. The SMILES string of the molecule is O=C(O)C(Cl)(Cl)c1cc2c(c(C(Cl)(Cl)C(=O)O)c1)C[C@H](O)[C@H](c1ccc(O)c(O)c1)O2. The van der Waals surface area contributed by atoms with Crippen molar-refractivity contribution in [2.24, 2.45) is 0 Å². The van der Waals surface area contributed by atoms with Crippen LogP contribution in [0.3, 0.4) is 0 Å². The Hall–Kier alpha value is -2.10. The molecule has 0 aliphatic carbocycles. The third kappa shape index (κ3) is 4.18. The molecule has 5 N–H and O–H groups in total. The summed E-state index contributed by atoms with van der Waals surface area (Å²) in [5.41, 5.74) is -0.151. The van der Waals surface area contributed by atoms with Crippen LogP contribution in [0.4, 0.5) is 0 Å². The molecular weight excluding hydrogens is 498 g/mol. The van der Waals surface area contributed by atoms with Gasteiger partial charge in [-0.1, -0.05) is 52.5 Å². The molecule has 2 aromatic rings. The molecule has 0 aromatic heterocycles. The summed E-state index contributed by atoms with van der Waals surface area (Å²) in [6, 6.07) is 5.97.